The van der Waals surface area contributed by atoms with Crippen molar-refractivity contribution in [2.24, 2.45) is 0 Å². The number of rotatable bonds is 1. The summed E-state index contributed by atoms with van der Waals surface area (Å²) in [7, 11) is 0. The molecule has 4 nitrogen and oxygen atoms in total. The van der Waals surface area contributed by atoms with Gasteiger partial charge in [0, 0.05) is 24.1 Å². The molecule has 0 radical (unpaired) electrons. The summed E-state index contributed by atoms with van der Waals surface area (Å²) in [5.74, 6) is -0.420. The lowest BCUT2D eigenvalue weighted by Crippen LogP contribution is -2.37. The van der Waals surface area contributed by atoms with E-state index in [9.17, 15) is 9.59 Å². The highest BCUT2D eigenvalue weighted by molar-refractivity contribution is 7.07. The summed E-state index contributed by atoms with van der Waals surface area (Å²) < 4.78 is 0. The topological polar surface area (TPSA) is 59.1 Å². The zero-order valence-electron chi connectivity index (χ0n) is 6.82. The molecule has 0 saturated carbocycles. The smallest absolute Gasteiger partial charge is 0.227 e. The molecular weight excluding hydrogens is 188 g/mol. The van der Waals surface area contributed by atoms with E-state index in [1.165, 1.54) is 11.3 Å². The average Bonchev–Trinajstić information content (AvgIpc) is 2.53. The quantitative estimate of drug-likeness (QED) is 0.671. The van der Waals surface area contributed by atoms with Gasteiger partial charge in [-0.1, -0.05) is 0 Å². The number of hydrogen-bond acceptors (Lipinski definition) is 4. The van der Waals surface area contributed by atoms with Gasteiger partial charge in [0.1, 0.15) is 0 Å². The minimum atomic E-state index is -0.200. The van der Waals surface area contributed by atoms with Crippen LogP contribution in [0.2, 0.25) is 0 Å². The Labute approximate surface area is 79.0 Å². The van der Waals surface area contributed by atoms with Crippen molar-refractivity contribution in [2.45, 2.75) is 18.8 Å². The summed E-state index contributed by atoms with van der Waals surface area (Å²) in [6.45, 7) is 0. The first kappa shape index (κ1) is 8.37. The van der Waals surface area contributed by atoms with Gasteiger partial charge in [-0.2, -0.15) is 0 Å². The lowest BCUT2D eigenvalue weighted by molar-refractivity contribution is -0.133. The molecule has 1 fully saturated rings. The number of carbonyl (C=O) groups is 2. The van der Waals surface area contributed by atoms with Crippen molar-refractivity contribution < 1.29 is 9.59 Å². The minimum absolute atomic E-state index is 0.0208. The van der Waals surface area contributed by atoms with Crippen molar-refractivity contribution in [1.29, 1.82) is 0 Å². The molecule has 1 aliphatic rings. The van der Waals surface area contributed by atoms with E-state index in [0.29, 0.717) is 12.8 Å². The molecule has 0 aromatic carbocycles. The van der Waals surface area contributed by atoms with Gasteiger partial charge in [0.25, 0.3) is 0 Å². The van der Waals surface area contributed by atoms with Gasteiger partial charge in [-0.15, -0.1) is 11.3 Å². The van der Waals surface area contributed by atoms with E-state index in [1.54, 1.807) is 5.51 Å². The van der Waals surface area contributed by atoms with E-state index in [2.05, 4.69) is 10.3 Å². The fourth-order valence-corrected chi connectivity index (χ4v) is 2.05. The summed E-state index contributed by atoms with van der Waals surface area (Å²) in [4.78, 5) is 26.1. The Morgan fingerprint density at radius 2 is 2.08 bits per heavy atom. The Balaban J connectivity index is 2.16. The number of carbonyl (C=O) groups excluding carboxylic acids is 2. The average molecular weight is 196 g/mol. The molecule has 2 heterocycles. The van der Waals surface area contributed by atoms with Crippen molar-refractivity contribution >= 4 is 23.2 Å². The molecule has 0 unspecified atom stereocenters. The molecule has 0 atom stereocenters. The summed E-state index contributed by atoms with van der Waals surface area (Å²) in [6, 6.07) is 0. The Bertz CT molecular complexity index is 318. The zero-order chi connectivity index (χ0) is 9.26. The van der Waals surface area contributed by atoms with Crippen LogP contribution in [0.1, 0.15) is 24.5 Å². The van der Waals surface area contributed by atoms with E-state index < -0.39 is 0 Å². The first-order chi connectivity index (χ1) is 6.25. The second kappa shape index (κ2) is 3.26. The fraction of sp³-hybridized carbons (Fsp3) is 0.375. The third-order valence-corrected chi connectivity index (χ3v) is 2.62. The highest BCUT2D eigenvalue weighted by Crippen LogP contribution is 2.25. The van der Waals surface area contributed by atoms with Crippen LogP contribution in [0, 0.1) is 0 Å². The number of thiazole rings is 1. The Hall–Kier alpha value is -1.23. The first-order valence-corrected chi connectivity index (χ1v) is 4.91. The van der Waals surface area contributed by atoms with E-state index in [0.717, 1.165) is 5.69 Å². The monoisotopic (exact) mass is 196 g/mol. The minimum Gasteiger partial charge on any atom is -0.296 e. The van der Waals surface area contributed by atoms with Gasteiger partial charge in [-0.3, -0.25) is 14.9 Å². The normalized spacial score (nSPS) is 18.8. The van der Waals surface area contributed by atoms with Gasteiger partial charge in [-0.05, 0) is 0 Å². The molecule has 13 heavy (non-hydrogen) atoms. The van der Waals surface area contributed by atoms with Crippen molar-refractivity contribution in [2.75, 3.05) is 0 Å². The van der Waals surface area contributed by atoms with Gasteiger partial charge >= 0.3 is 0 Å². The number of nitrogens with zero attached hydrogens (tertiary/aromatic N) is 1. The molecule has 2 amide bonds. The summed E-state index contributed by atoms with van der Waals surface area (Å²) in [6.07, 6.45) is 0.741. The van der Waals surface area contributed by atoms with Crippen LogP contribution < -0.4 is 5.32 Å². The maximum absolute atomic E-state index is 11.0. The summed E-state index contributed by atoms with van der Waals surface area (Å²) >= 11 is 1.48. The van der Waals surface area contributed by atoms with Crippen molar-refractivity contribution in [3.63, 3.8) is 0 Å². The van der Waals surface area contributed by atoms with Crippen LogP contribution in [-0.2, 0) is 9.59 Å². The van der Waals surface area contributed by atoms with E-state index in [1.807, 2.05) is 5.38 Å². The first-order valence-electron chi connectivity index (χ1n) is 3.96. The second-order valence-electron chi connectivity index (χ2n) is 2.99. The molecule has 1 N–H and O–H groups in total. The lowest BCUT2D eigenvalue weighted by atomic mass is 9.94. The molecule has 0 bridgehead atoms. The molecule has 1 saturated heterocycles. The standard InChI is InChI=1S/C8H8N2O2S/c11-7-1-5(2-8(12)10-7)6-3-13-4-9-6/h3-5H,1-2H2,(H,10,11,12). The summed E-state index contributed by atoms with van der Waals surface area (Å²) in [5.41, 5.74) is 2.57. The van der Waals surface area contributed by atoms with E-state index in [4.69, 9.17) is 0 Å². The van der Waals surface area contributed by atoms with E-state index in [-0.39, 0.29) is 17.7 Å². The number of piperidine rings is 1. The van der Waals surface area contributed by atoms with Crippen LogP contribution in [-0.4, -0.2) is 16.8 Å². The number of hydrogen-bond donors (Lipinski definition) is 1. The van der Waals surface area contributed by atoms with Crippen LogP contribution in [0.3, 0.4) is 0 Å². The Morgan fingerprint density at radius 3 is 2.62 bits per heavy atom. The molecule has 5 heteroatoms. The number of aromatic nitrogens is 1. The van der Waals surface area contributed by atoms with Crippen LogP contribution in [0.4, 0.5) is 0 Å². The highest BCUT2D eigenvalue weighted by Gasteiger charge is 2.26. The third kappa shape index (κ3) is 1.75. The van der Waals surface area contributed by atoms with Crippen LogP contribution in [0.25, 0.3) is 0 Å². The molecule has 2 rings (SSSR count). The predicted octanol–water partition coefficient (Wildman–Crippen LogP) is 0.663. The van der Waals surface area contributed by atoms with Gasteiger partial charge in [0.2, 0.25) is 11.8 Å². The largest absolute Gasteiger partial charge is 0.296 e. The van der Waals surface area contributed by atoms with Gasteiger partial charge in [-0.25, -0.2) is 4.98 Å². The fourth-order valence-electron chi connectivity index (χ4n) is 1.41. The SMILES string of the molecule is O=C1CC(c2cscn2)CC(=O)N1. The molecule has 0 aliphatic carbocycles. The van der Waals surface area contributed by atoms with Crippen molar-refractivity contribution in [3.8, 4) is 0 Å². The Kier molecular flexibility index (Phi) is 2.10. The summed E-state index contributed by atoms with van der Waals surface area (Å²) in [5, 5.41) is 4.15. The van der Waals surface area contributed by atoms with Crippen molar-refractivity contribution in [3.05, 3.63) is 16.6 Å². The second-order valence-corrected chi connectivity index (χ2v) is 3.71. The predicted molar refractivity (Wildman–Crippen MR) is 47.2 cm³/mol. The Morgan fingerprint density at radius 1 is 1.38 bits per heavy atom. The van der Waals surface area contributed by atoms with Gasteiger partial charge in [0.15, 0.2) is 0 Å². The molecule has 1 aromatic rings. The maximum Gasteiger partial charge on any atom is 0.227 e. The molecule has 1 aliphatic heterocycles. The number of amides is 2. The zero-order valence-corrected chi connectivity index (χ0v) is 7.63. The molecular formula is C8H8N2O2S. The van der Waals surface area contributed by atoms with Crippen LogP contribution >= 0.6 is 11.3 Å². The number of nitrogens with one attached hydrogen (secondary N) is 1. The van der Waals surface area contributed by atoms with E-state index >= 15 is 0 Å². The molecule has 68 valence electrons. The lowest BCUT2D eigenvalue weighted by Gasteiger charge is -2.18. The molecule has 0 spiro atoms. The highest BCUT2D eigenvalue weighted by atomic mass is 32.1. The number of imide groups is 1. The molecule has 1 aromatic heterocycles. The van der Waals surface area contributed by atoms with Gasteiger partial charge < -0.3 is 0 Å². The van der Waals surface area contributed by atoms with Crippen LogP contribution in [0.5, 0.6) is 0 Å². The van der Waals surface area contributed by atoms with Crippen molar-refractivity contribution in [1.82, 2.24) is 10.3 Å². The van der Waals surface area contributed by atoms with Gasteiger partial charge in [0.05, 0.1) is 11.2 Å². The van der Waals surface area contributed by atoms with Crippen LogP contribution in [0.15, 0.2) is 10.9 Å². The maximum atomic E-state index is 11.0. The third-order valence-electron chi connectivity index (χ3n) is 2.01.